The average molecular weight is 826 g/mol. The summed E-state index contributed by atoms with van der Waals surface area (Å²) in [6.07, 6.45) is 5.33. The number of nitrogens with one attached hydrogen (secondary N) is 1. The van der Waals surface area contributed by atoms with E-state index in [1.165, 1.54) is 12.1 Å². The number of aromatic nitrogens is 2. The molecule has 4 heterocycles. The Balaban J connectivity index is 0.000000213. The van der Waals surface area contributed by atoms with Gasteiger partial charge in [-0.3, -0.25) is 14.3 Å². The molecule has 2 aliphatic carbocycles. The smallest absolute Gasteiger partial charge is 0.340 e. The minimum Gasteiger partial charge on any atom is -0.481 e. The summed E-state index contributed by atoms with van der Waals surface area (Å²) in [7, 11) is -3.81. The number of ether oxygens (including phenoxy) is 2. The van der Waals surface area contributed by atoms with E-state index >= 15 is 0 Å². The third-order valence-corrected chi connectivity index (χ3v) is 11.9. The van der Waals surface area contributed by atoms with Crippen LogP contribution in [0.1, 0.15) is 106 Å². The SMILES string of the molecule is Cc1ccc(CS(=O)(=O)NC(=O)C2CCN(c3nc(C)c(C(=O)OC4CC4)cc3C#N)CC2)cc1.Cc1nc(N2CCC(C(=O)O)CC2)c(C#N)cc1C(=O)OC1CC1. The van der Waals surface area contributed by atoms with Crippen molar-refractivity contribution in [1.82, 2.24) is 14.7 Å². The van der Waals surface area contributed by atoms with Crippen LogP contribution in [0.3, 0.4) is 0 Å². The van der Waals surface area contributed by atoms with Crippen molar-refractivity contribution in [3.05, 3.63) is 81.2 Å². The number of piperidine rings is 2. The molecule has 3 aromatic rings. The Morgan fingerprint density at radius 3 is 1.54 bits per heavy atom. The molecule has 59 heavy (non-hydrogen) atoms. The number of amides is 1. The maximum atomic E-state index is 12.7. The lowest BCUT2D eigenvalue weighted by Crippen LogP contribution is -2.43. The Morgan fingerprint density at radius 2 is 1.15 bits per heavy atom. The molecule has 4 fully saturated rings. The standard InChI is InChI=1S/C25H28N4O5S.C17H19N3O4/c1-16-3-5-18(6-4-16)15-35(32,33)28-24(30)19-9-11-29(12-10-19)23-20(14-26)13-22(17(2)27-23)25(31)34-21-7-8-21;1-10-14(17(23)24-13-2-3-13)8-12(9-18)15(19-10)20-6-4-11(5-7-20)16(21)22/h3-6,13,19,21H,7-12,15H2,1-2H3,(H,28,30);8,11,13H,2-7H2,1H3,(H,21,22). The molecule has 0 radical (unpaired) electrons. The normalized spacial score (nSPS) is 17.1. The number of rotatable bonds is 11. The van der Waals surface area contributed by atoms with Gasteiger partial charge in [0.05, 0.1) is 45.3 Å². The maximum absolute atomic E-state index is 12.7. The molecular weight excluding hydrogens is 779 g/mol. The molecule has 1 aromatic carbocycles. The van der Waals surface area contributed by atoms with Gasteiger partial charge in [-0.2, -0.15) is 10.5 Å². The van der Waals surface area contributed by atoms with Gasteiger partial charge in [0.25, 0.3) is 0 Å². The van der Waals surface area contributed by atoms with Gasteiger partial charge in [0.15, 0.2) is 0 Å². The number of carbonyl (C=O) groups is 4. The monoisotopic (exact) mass is 825 g/mol. The highest BCUT2D eigenvalue weighted by atomic mass is 32.2. The summed E-state index contributed by atoms with van der Waals surface area (Å²) in [5.41, 5.74) is 3.83. The van der Waals surface area contributed by atoms with E-state index in [0.717, 1.165) is 31.2 Å². The molecule has 2 saturated carbocycles. The van der Waals surface area contributed by atoms with Crippen LogP contribution in [0, 0.1) is 55.3 Å². The van der Waals surface area contributed by atoms with Gasteiger partial charge in [-0.05, 0) is 89.8 Å². The summed E-state index contributed by atoms with van der Waals surface area (Å²) in [6, 6.07) is 14.4. The van der Waals surface area contributed by atoms with Crippen LogP contribution < -0.4 is 14.5 Å². The zero-order valence-electron chi connectivity index (χ0n) is 33.3. The second-order valence-corrected chi connectivity index (χ2v) is 17.2. The van der Waals surface area contributed by atoms with Crippen LogP contribution >= 0.6 is 0 Å². The molecule has 2 aliphatic heterocycles. The van der Waals surface area contributed by atoms with Gasteiger partial charge >= 0.3 is 17.9 Å². The Kier molecular flexibility index (Phi) is 13.2. The summed E-state index contributed by atoms with van der Waals surface area (Å²) < 4.78 is 37.8. The van der Waals surface area contributed by atoms with E-state index in [0.29, 0.717) is 91.6 Å². The number of hydrogen-bond donors (Lipinski definition) is 2. The fraction of sp³-hybridized carbons (Fsp3) is 0.476. The van der Waals surface area contributed by atoms with Gasteiger partial charge in [0, 0.05) is 32.1 Å². The number of aliphatic carboxylic acids is 1. The lowest BCUT2D eigenvalue weighted by atomic mass is 9.96. The zero-order valence-corrected chi connectivity index (χ0v) is 34.1. The molecular formula is C42H47N7O9S. The van der Waals surface area contributed by atoms with Gasteiger partial charge in [0.2, 0.25) is 15.9 Å². The van der Waals surface area contributed by atoms with E-state index in [9.17, 15) is 38.1 Å². The molecule has 1 amide bonds. The van der Waals surface area contributed by atoms with Crippen molar-refractivity contribution in [1.29, 1.82) is 10.5 Å². The predicted molar refractivity (Wildman–Crippen MR) is 214 cm³/mol. The molecule has 2 saturated heterocycles. The number of pyridine rings is 2. The van der Waals surface area contributed by atoms with Crippen LogP contribution in [0.15, 0.2) is 36.4 Å². The van der Waals surface area contributed by atoms with Crippen molar-refractivity contribution in [3.63, 3.8) is 0 Å². The first-order valence-electron chi connectivity index (χ1n) is 19.7. The summed E-state index contributed by atoms with van der Waals surface area (Å²) in [5.74, 6) is -2.29. The lowest BCUT2D eigenvalue weighted by Gasteiger charge is -2.32. The van der Waals surface area contributed by atoms with Crippen LogP contribution in [0.5, 0.6) is 0 Å². The highest BCUT2D eigenvalue weighted by Crippen LogP contribution is 2.31. The minimum absolute atomic E-state index is 0.00263. The molecule has 0 atom stereocenters. The zero-order chi connectivity index (χ0) is 42.4. The van der Waals surface area contributed by atoms with Crippen molar-refractivity contribution in [2.24, 2.45) is 11.8 Å². The first kappa shape index (κ1) is 42.5. The predicted octanol–water partition coefficient (Wildman–Crippen LogP) is 4.63. The molecule has 2 N–H and O–H groups in total. The lowest BCUT2D eigenvalue weighted by molar-refractivity contribution is -0.142. The first-order chi connectivity index (χ1) is 28.1. The largest absolute Gasteiger partial charge is 0.481 e. The highest BCUT2D eigenvalue weighted by molar-refractivity contribution is 7.89. The molecule has 0 spiro atoms. The van der Waals surface area contributed by atoms with Crippen molar-refractivity contribution in [2.45, 2.75) is 90.1 Å². The fourth-order valence-corrected chi connectivity index (χ4v) is 8.09. The Hall–Kier alpha value is -6.07. The van der Waals surface area contributed by atoms with Gasteiger partial charge < -0.3 is 24.4 Å². The Morgan fingerprint density at radius 1 is 0.729 bits per heavy atom. The number of benzene rings is 1. The molecule has 310 valence electrons. The number of carboxylic acid groups (broad SMARTS) is 1. The molecule has 4 aliphatic rings. The van der Waals surface area contributed by atoms with Crippen molar-refractivity contribution >= 4 is 45.5 Å². The molecule has 7 rings (SSSR count). The van der Waals surface area contributed by atoms with E-state index in [1.807, 2.05) is 28.9 Å². The number of sulfonamides is 1. The molecule has 16 nitrogen and oxygen atoms in total. The van der Waals surface area contributed by atoms with Crippen LogP contribution in [0.25, 0.3) is 0 Å². The van der Waals surface area contributed by atoms with Gasteiger partial charge in [0.1, 0.15) is 36.0 Å². The molecule has 0 unspecified atom stereocenters. The van der Waals surface area contributed by atoms with Crippen molar-refractivity contribution < 1.29 is 42.2 Å². The van der Waals surface area contributed by atoms with Gasteiger partial charge in [-0.25, -0.2) is 28.0 Å². The third kappa shape index (κ3) is 11.1. The summed E-state index contributed by atoms with van der Waals surface area (Å²) in [4.78, 5) is 61.0. The summed E-state index contributed by atoms with van der Waals surface area (Å²) in [6.45, 7) is 7.27. The van der Waals surface area contributed by atoms with Crippen LogP contribution in [-0.2, 0) is 34.8 Å². The van der Waals surface area contributed by atoms with E-state index in [4.69, 9.17) is 14.6 Å². The maximum Gasteiger partial charge on any atom is 0.340 e. The quantitative estimate of drug-likeness (QED) is 0.251. The van der Waals surface area contributed by atoms with Gasteiger partial charge in [-0.15, -0.1) is 0 Å². The molecule has 0 bridgehead atoms. The number of anilines is 2. The van der Waals surface area contributed by atoms with E-state index in [1.54, 1.807) is 26.0 Å². The number of hydrogen-bond acceptors (Lipinski definition) is 14. The summed E-state index contributed by atoms with van der Waals surface area (Å²) >= 11 is 0. The molecule has 2 aromatic heterocycles. The first-order valence-corrected chi connectivity index (χ1v) is 21.4. The number of aryl methyl sites for hydroxylation is 3. The van der Waals surface area contributed by atoms with Crippen LogP contribution in [0.2, 0.25) is 0 Å². The number of nitrogens with zero attached hydrogens (tertiary/aromatic N) is 6. The highest BCUT2D eigenvalue weighted by Gasteiger charge is 2.33. The van der Waals surface area contributed by atoms with Crippen molar-refractivity contribution in [2.75, 3.05) is 36.0 Å². The van der Waals surface area contributed by atoms with Crippen LogP contribution in [0.4, 0.5) is 11.6 Å². The Bertz CT molecular complexity index is 2300. The van der Waals surface area contributed by atoms with Gasteiger partial charge in [-0.1, -0.05) is 29.8 Å². The van der Waals surface area contributed by atoms with E-state index in [2.05, 4.69) is 26.8 Å². The second kappa shape index (κ2) is 18.2. The Labute approximate surface area is 343 Å². The van der Waals surface area contributed by atoms with Crippen molar-refractivity contribution in [3.8, 4) is 12.1 Å². The summed E-state index contributed by atoms with van der Waals surface area (Å²) in [5, 5.41) is 28.1. The number of nitriles is 2. The number of carbonyl (C=O) groups excluding carboxylic acids is 3. The van der Waals surface area contributed by atoms with Crippen LogP contribution in [-0.4, -0.2) is 85.7 Å². The number of carboxylic acids is 1. The number of esters is 2. The third-order valence-electron chi connectivity index (χ3n) is 10.7. The minimum atomic E-state index is -3.81. The molecule has 17 heteroatoms. The average Bonchev–Trinajstić information content (AvgIpc) is 4.17. The fourth-order valence-electron chi connectivity index (χ4n) is 6.91. The van der Waals surface area contributed by atoms with E-state index < -0.39 is 39.8 Å². The van der Waals surface area contributed by atoms with E-state index in [-0.39, 0.29) is 35.0 Å². The second-order valence-electron chi connectivity index (χ2n) is 15.5. The topological polar surface area (TPSA) is 233 Å².